The molecule has 0 spiro atoms. The Morgan fingerprint density at radius 1 is 1.06 bits per heavy atom. The maximum atomic E-state index is 13.0. The monoisotopic (exact) mass is 474 g/mol. The van der Waals surface area contributed by atoms with E-state index in [-0.39, 0.29) is 17.6 Å². The molecule has 0 fully saturated rings. The quantitative estimate of drug-likeness (QED) is 0.421. The second kappa shape index (κ2) is 7.92. The van der Waals surface area contributed by atoms with Crippen LogP contribution in [0.25, 0.3) is 21.9 Å². The standard InChI is InChI=1S/C28H26O7/c1-28(2)11-10-15-12-16(13-21(31-3)25(15)35-28)24-22(14-29)34-27-20(33-24)9-8-18-23(30)17-6-4-5-7-19(17)32-26(18)27/h4-9,12-13,22,24,29H,10-11,14H2,1-3H3/t22-,24-/m1/s1. The number of aliphatic hydroxyl groups is 1. The van der Waals surface area contributed by atoms with Crippen LogP contribution in [-0.2, 0) is 6.42 Å². The summed E-state index contributed by atoms with van der Waals surface area (Å²) in [4.78, 5) is 13.0. The predicted octanol–water partition coefficient (Wildman–Crippen LogP) is 4.93. The van der Waals surface area contributed by atoms with Crippen LogP contribution < -0.4 is 24.4 Å². The molecule has 3 heterocycles. The predicted molar refractivity (Wildman–Crippen MR) is 131 cm³/mol. The van der Waals surface area contributed by atoms with Crippen LogP contribution in [0.2, 0.25) is 0 Å². The van der Waals surface area contributed by atoms with E-state index < -0.39 is 12.2 Å². The highest BCUT2D eigenvalue weighted by molar-refractivity contribution is 5.93. The van der Waals surface area contributed by atoms with Gasteiger partial charge in [-0.15, -0.1) is 0 Å². The number of benzene rings is 3. The molecule has 6 rings (SSSR count). The smallest absolute Gasteiger partial charge is 0.205 e. The lowest BCUT2D eigenvalue weighted by molar-refractivity contribution is -0.0119. The van der Waals surface area contributed by atoms with Crippen LogP contribution in [-0.4, -0.2) is 30.5 Å². The van der Waals surface area contributed by atoms with Gasteiger partial charge in [-0.25, -0.2) is 0 Å². The minimum atomic E-state index is -0.714. The van der Waals surface area contributed by atoms with Crippen molar-refractivity contribution >= 4 is 21.9 Å². The molecular weight excluding hydrogens is 448 g/mol. The minimum Gasteiger partial charge on any atom is -0.493 e. The Hall–Kier alpha value is -3.71. The Labute approximate surface area is 201 Å². The summed E-state index contributed by atoms with van der Waals surface area (Å²) >= 11 is 0. The van der Waals surface area contributed by atoms with Crippen molar-refractivity contribution in [1.29, 1.82) is 0 Å². The van der Waals surface area contributed by atoms with Gasteiger partial charge in [0.1, 0.15) is 11.2 Å². The number of rotatable bonds is 3. The van der Waals surface area contributed by atoms with E-state index in [9.17, 15) is 9.90 Å². The Balaban J connectivity index is 1.46. The summed E-state index contributed by atoms with van der Waals surface area (Å²) in [6.07, 6.45) is 0.406. The normalized spacial score (nSPS) is 20.3. The number of ether oxygens (including phenoxy) is 4. The van der Waals surface area contributed by atoms with Crippen LogP contribution in [0.15, 0.2) is 57.7 Å². The van der Waals surface area contributed by atoms with Crippen LogP contribution in [0, 0.1) is 0 Å². The van der Waals surface area contributed by atoms with Gasteiger partial charge in [0.25, 0.3) is 0 Å². The zero-order chi connectivity index (χ0) is 24.3. The molecule has 1 N–H and O–H groups in total. The Kier molecular flexibility index (Phi) is 4.93. The number of aryl methyl sites for hydroxylation is 1. The molecule has 2 atom stereocenters. The fourth-order valence-electron chi connectivity index (χ4n) is 4.93. The minimum absolute atomic E-state index is 0.140. The summed E-state index contributed by atoms with van der Waals surface area (Å²) in [5.41, 5.74) is 2.20. The first-order chi connectivity index (χ1) is 16.9. The molecule has 0 saturated heterocycles. The molecule has 2 aliphatic rings. The van der Waals surface area contributed by atoms with Gasteiger partial charge in [-0.1, -0.05) is 12.1 Å². The molecule has 0 amide bonds. The summed E-state index contributed by atoms with van der Waals surface area (Å²) in [5.74, 6) is 2.12. The SMILES string of the molecule is COc1cc([C@H]2Oc3ccc4c(=O)c5ccccc5oc4c3O[C@@H]2CO)cc2c1OC(C)(C)CC2. The van der Waals surface area contributed by atoms with E-state index in [0.717, 1.165) is 29.7 Å². The van der Waals surface area contributed by atoms with E-state index in [1.165, 1.54) is 0 Å². The van der Waals surface area contributed by atoms with E-state index in [4.69, 9.17) is 23.4 Å². The van der Waals surface area contributed by atoms with Crippen molar-refractivity contribution in [3.8, 4) is 23.0 Å². The third kappa shape index (κ3) is 3.49. The van der Waals surface area contributed by atoms with Crippen LogP contribution in [0.1, 0.15) is 37.5 Å². The maximum absolute atomic E-state index is 13.0. The van der Waals surface area contributed by atoms with Crippen LogP contribution in [0.5, 0.6) is 23.0 Å². The number of hydrogen-bond donors (Lipinski definition) is 1. The molecule has 0 saturated carbocycles. The topological polar surface area (TPSA) is 87.4 Å². The zero-order valence-corrected chi connectivity index (χ0v) is 19.8. The Morgan fingerprint density at radius 3 is 2.69 bits per heavy atom. The third-order valence-corrected chi connectivity index (χ3v) is 6.78. The fraction of sp³-hybridized carbons (Fsp3) is 0.321. The number of fused-ring (bicyclic) bond motifs is 5. The van der Waals surface area contributed by atoms with Gasteiger partial charge in [0.2, 0.25) is 11.2 Å². The molecule has 0 bridgehead atoms. The molecule has 7 nitrogen and oxygen atoms in total. The second-order valence-corrected chi connectivity index (χ2v) is 9.65. The van der Waals surface area contributed by atoms with Crippen LogP contribution in [0.3, 0.4) is 0 Å². The maximum Gasteiger partial charge on any atom is 0.205 e. The zero-order valence-electron chi connectivity index (χ0n) is 19.8. The first-order valence-electron chi connectivity index (χ1n) is 11.7. The average molecular weight is 475 g/mol. The highest BCUT2D eigenvalue weighted by atomic mass is 16.6. The first kappa shape index (κ1) is 21.8. The van der Waals surface area contributed by atoms with Gasteiger partial charge in [-0.2, -0.15) is 0 Å². The average Bonchev–Trinajstić information content (AvgIpc) is 2.87. The van der Waals surface area contributed by atoms with E-state index >= 15 is 0 Å². The number of para-hydroxylation sites is 1. The molecule has 0 unspecified atom stereocenters. The number of aliphatic hydroxyl groups excluding tert-OH is 1. The van der Waals surface area contributed by atoms with E-state index in [2.05, 4.69) is 13.8 Å². The molecule has 4 aromatic rings. The van der Waals surface area contributed by atoms with Crippen molar-refractivity contribution in [2.24, 2.45) is 0 Å². The van der Waals surface area contributed by atoms with Crippen molar-refractivity contribution in [3.05, 3.63) is 69.9 Å². The van der Waals surface area contributed by atoms with Crippen molar-refractivity contribution in [3.63, 3.8) is 0 Å². The highest BCUT2D eigenvalue weighted by Gasteiger charge is 2.37. The van der Waals surface area contributed by atoms with Gasteiger partial charge in [0, 0.05) is 5.56 Å². The van der Waals surface area contributed by atoms with E-state index in [0.29, 0.717) is 39.2 Å². The second-order valence-electron chi connectivity index (χ2n) is 9.65. The molecule has 7 heteroatoms. The van der Waals surface area contributed by atoms with Gasteiger partial charge in [0.15, 0.2) is 35.0 Å². The first-order valence-corrected chi connectivity index (χ1v) is 11.7. The molecule has 1 aromatic heterocycles. The van der Waals surface area contributed by atoms with Gasteiger partial charge in [-0.3, -0.25) is 4.79 Å². The van der Waals surface area contributed by atoms with Crippen molar-refractivity contribution in [2.75, 3.05) is 13.7 Å². The molecule has 35 heavy (non-hydrogen) atoms. The van der Waals surface area contributed by atoms with Crippen LogP contribution >= 0.6 is 0 Å². The summed E-state index contributed by atoms with van der Waals surface area (Å²) < 4.78 is 30.5. The lowest BCUT2D eigenvalue weighted by Gasteiger charge is -2.36. The lowest BCUT2D eigenvalue weighted by Crippen LogP contribution is -2.37. The van der Waals surface area contributed by atoms with Crippen molar-refractivity contribution in [2.45, 2.75) is 44.5 Å². The molecule has 0 aliphatic carbocycles. The lowest BCUT2D eigenvalue weighted by atomic mass is 9.91. The summed E-state index contributed by atoms with van der Waals surface area (Å²) in [5, 5.41) is 11.1. The number of methoxy groups -OCH3 is 1. The summed E-state index contributed by atoms with van der Waals surface area (Å²) in [6, 6.07) is 14.4. The molecular formula is C28H26O7. The molecule has 0 radical (unpaired) electrons. The molecule has 180 valence electrons. The van der Waals surface area contributed by atoms with Gasteiger partial charge in [0.05, 0.1) is 24.5 Å². The Bertz CT molecular complexity index is 1500. The van der Waals surface area contributed by atoms with Gasteiger partial charge < -0.3 is 28.5 Å². The summed E-state index contributed by atoms with van der Waals surface area (Å²) in [6.45, 7) is 3.83. The van der Waals surface area contributed by atoms with Gasteiger partial charge >= 0.3 is 0 Å². The highest BCUT2D eigenvalue weighted by Crippen LogP contribution is 2.47. The largest absolute Gasteiger partial charge is 0.493 e. The van der Waals surface area contributed by atoms with E-state index in [1.54, 1.807) is 37.4 Å². The van der Waals surface area contributed by atoms with Crippen molar-refractivity contribution < 1.29 is 28.5 Å². The third-order valence-electron chi connectivity index (χ3n) is 6.78. The molecule has 3 aromatic carbocycles. The number of hydrogen-bond acceptors (Lipinski definition) is 7. The van der Waals surface area contributed by atoms with Crippen LogP contribution in [0.4, 0.5) is 0 Å². The molecule has 2 aliphatic heterocycles. The van der Waals surface area contributed by atoms with Crippen molar-refractivity contribution in [1.82, 2.24) is 0 Å². The van der Waals surface area contributed by atoms with E-state index in [1.807, 2.05) is 18.2 Å². The van der Waals surface area contributed by atoms with Gasteiger partial charge in [-0.05, 0) is 68.7 Å². The summed E-state index contributed by atoms with van der Waals surface area (Å²) in [7, 11) is 1.61. The Morgan fingerprint density at radius 2 is 1.89 bits per heavy atom. The fourth-order valence-corrected chi connectivity index (χ4v) is 4.93.